The molecule has 0 bridgehead atoms. The van der Waals surface area contributed by atoms with Crippen LogP contribution < -0.4 is 5.56 Å². The third kappa shape index (κ3) is 2.65. The summed E-state index contributed by atoms with van der Waals surface area (Å²) in [7, 11) is 3.76. The van der Waals surface area contributed by atoms with Crippen LogP contribution in [0.25, 0.3) is 22.3 Å². The average Bonchev–Trinajstić information content (AvgIpc) is 3.03. The molecular formula is C23H23N3O6. The van der Waals surface area contributed by atoms with Gasteiger partial charge in [-0.3, -0.25) is 9.36 Å². The number of pyridine rings is 2. The number of aliphatic hydroxyl groups is 2. The molecule has 0 saturated carbocycles. The average molecular weight is 437 g/mol. The van der Waals surface area contributed by atoms with Crippen molar-refractivity contribution < 1.29 is 24.9 Å². The van der Waals surface area contributed by atoms with Gasteiger partial charge in [-0.1, -0.05) is 6.92 Å². The fourth-order valence-electron chi connectivity index (χ4n) is 4.63. The molecule has 0 aliphatic carbocycles. The lowest BCUT2D eigenvalue weighted by Gasteiger charge is -2.31. The number of fused-ring (bicyclic) bond motifs is 5. The van der Waals surface area contributed by atoms with Gasteiger partial charge in [0.2, 0.25) is 0 Å². The first-order chi connectivity index (χ1) is 15.2. The van der Waals surface area contributed by atoms with E-state index in [1.54, 1.807) is 31.2 Å². The second-order valence-electron chi connectivity index (χ2n) is 8.55. The summed E-state index contributed by atoms with van der Waals surface area (Å²) in [6.07, 6.45) is -1.26. The monoisotopic (exact) mass is 437 g/mol. The fraction of sp³-hybridized carbons (Fsp3) is 0.348. The number of benzene rings is 1. The SMILES string of the molecule is CC[C@@]1(O)C(=O)OCc2c1cc1n(c2=O)[C@H](O)c2cc3c(CN(C)C)c(O)ccc3nc2-1. The lowest BCUT2D eigenvalue weighted by Crippen LogP contribution is -2.44. The molecule has 32 heavy (non-hydrogen) atoms. The van der Waals surface area contributed by atoms with Crippen LogP contribution in [0.2, 0.25) is 0 Å². The number of phenolic OH excluding ortho intramolecular Hbond substituents is 1. The molecule has 9 heteroatoms. The van der Waals surface area contributed by atoms with Crippen LogP contribution in [0.15, 0.2) is 29.1 Å². The minimum Gasteiger partial charge on any atom is -0.508 e. The van der Waals surface area contributed by atoms with Crippen LogP contribution in [0.1, 0.15) is 41.8 Å². The molecule has 2 atom stereocenters. The number of aromatic nitrogens is 2. The first-order valence-electron chi connectivity index (χ1n) is 10.3. The summed E-state index contributed by atoms with van der Waals surface area (Å²) in [5, 5.41) is 33.1. The minimum absolute atomic E-state index is 0.0372. The summed E-state index contributed by atoms with van der Waals surface area (Å²) in [4.78, 5) is 32.2. The van der Waals surface area contributed by atoms with E-state index in [1.165, 1.54) is 4.57 Å². The molecule has 0 amide bonds. The highest BCUT2D eigenvalue weighted by atomic mass is 16.6. The normalized spacial score (nSPS) is 21.4. The molecule has 0 saturated heterocycles. The van der Waals surface area contributed by atoms with Gasteiger partial charge >= 0.3 is 5.97 Å². The molecule has 0 spiro atoms. The van der Waals surface area contributed by atoms with Crippen molar-refractivity contribution >= 4 is 16.9 Å². The predicted molar refractivity (Wildman–Crippen MR) is 115 cm³/mol. The Bertz CT molecular complexity index is 1360. The first-order valence-corrected chi connectivity index (χ1v) is 10.3. The Morgan fingerprint density at radius 2 is 2.03 bits per heavy atom. The molecule has 1 aromatic carbocycles. The van der Waals surface area contributed by atoms with E-state index in [4.69, 9.17) is 9.72 Å². The van der Waals surface area contributed by atoms with Crippen LogP contribution >= 0.6 is 0 Å². The van der Waals surface area contributed by atoms with Gasteiger partial charge in [0.15, 0.2) is 11.8 Å². The molecular weight excluding hydrogens is 414 g/mol. The molecule has 2 aromatic heterocycles. The fourth-order valence-corrected chi connectivity index (χ4v) is 4.63. The zero-order valence-electron chi connectivity index (χ0n) is 17.9. The maximum atomic E-state index is 13.3. The van der Waals surface area contributed by atoms with Gasteiger partial charge in [0.05, 0.1) is 22.5 Å². The van der Waals surface area contributed by atoms with Crippen molar-refractivity contribution in [1.29, 1.82) is 0 Å². The maximum absolute atomic E-state index is 13.3. The van der Waals surface area contributed by atoms with Gasteiger partial charge in [-0.25, -0.2) is 9.78 Å². The standard InChI is InChI=1S/C23H23N3O6/c1-4-23(31)15-8-17-19-12(20(28)26(17)21(29)14(15)10-32-22(23)30)7-11-13(9-25(2)3)18(27)6-5-16(11)24-19/h5-8,20,27-28,31H,4,9-10H2,1-3H3/t20-,23+/m1/s1. The van der Waals surface area contributed by atoms with Crippen molar-refractivity contribution in [2.45, 2.75) is 38.3 Å². The van der Waals surface area contributed by atoms with E-state index in [-0.39, 0.29) is 29.9 Å². The van der Waals surface area contributed by atoms with Crippen molar-refractivity contribution in [3.05, 3.63) is 56.9 Å². The molecule has 2 aliphatic rings. The molecule has 0 fully saturated rings. The number of ether oxygens (including phenoxy) is 1. The van der Waals surface area contributed by atoms with Crippen LogP contribution in [0, 0.1) is 0 Å². The largest absolute Gasteiger partial charge is 0.508 e. The van der Waals surface area contributed by atoms with E-state index in [9.17, 15) is 24.9 Å². The summed E-state index contributed by atoms with van der Waals surface area (Å²) in [6.45, 7) is 1.83. The van der Waals surface area contributed by atoms with E-state index in [1.807, 2.05) is 19.0 Å². The lowest BCUT2D eigenvalue weighted by atomic mass is 9.86. The number of carbonyl (C=O) groups excluding carboxylic acids is 1. The smallest absolute Gasteiger partial charge is 0.343 e. The zero-order chi connectivity index (χ0) is 22.9. The Hall–Kier alpha value is -3.27. The van der Waals surface area contributed by atoms with Gasteiger partial charge in [0.1, 0.15) is 12.4 Å². The molecule has 3 N–H and O–H groups in total. The Morgan fingerprint density at radius 3 is 2.72 bits per heavy atom. The number of hydrogen-bond acceptors (Lipinski definition) is 8. The van der Waals surface area contributed by atoms with Crippen molar-refractivity contribution in [2.24, 2.45) is 0 Å². The molecule has 0 unspecified atom stereocenters. The van der Waals surface area contributed by atoms with E-state index in [2.05, 4.69) is 0 Å². The number of esters is 1. The highest BCUT2D eigenvalue weighted by molar-refractivity contribution is 5.89. The van der Waals surface area contributed by atoms with Crippen molar-refractivity contribution in [3.8, 4) is 17.1 Å². The number of carbonyl (C=O) groups is 1. The quantitative estimate of drug-likeness (QED) is 0.524. The Kier molecular flexibility index (Phi) is 4.42. The summed E-state index contributed by atoms with van der Waals surface area (Å²) < 4.78 is 6.27. The van der Waals surface area contributed by atoms with Gasteiger partial charge in [0, 0.05) is 28.6 Å². The topological polar surface area (TPSA) is 125 Å². The van der Waals surface area contributed by atoms with Crippen molar-refractivity contribution in [1.82, 2.24) is 14.5 Å². The van der Waals surface area contributed by atoms with E-state index >= 15 is 0 Å². The van der Waals surface area contributed by atoms with Crippen LogP contribution in [0.5, 0.6) is 5.75 Å². The predicted octanol–water partition coefficient (Wildman–Crippen LogP) is 1.34. The number of aromatic hydroxyl groups is 1. The summed E-state index contributed by atoms with van der Waals surface area (Å²) in [6, 6.07) is 6.53. The molecule has 4 heterocycles. The van der Waals surface area contributed by atoms with Gasteiger partial charge in [-0.05, 0) is 44.8 Å². The second kappa shape index (κ2) is 6.86. The summed E-state index contributed by atoms with van der Waals surface area (Å²) in [5.74, 6) is -0.680. The number of rotatable bonds is 3. The van der Waals surface area contributed by atoms with E-state index < -0.39 is 23.4 Å². The Labute approximate surface area is 183 Å². The van der Waals surface area contributed by atoms with E-state index in [0.717, 1.165) is 0 Å². The molecule has 3 aromatic rings. The molecule has 2 aliphatic heterocycles. The zero-order valence-corrected chi connectivity index (χ0v) is 17.9. The minimum atomic E-state index is -1.93. The second-order valence-corrected chi connectivity index (χ2v) is 8.55. The van der Waals surface area contributed by atoms with E-state index in [0.29, 0.717) is 40.0 Å². The number of nitrogens with zero attached hydrogens (tertiary/aromatic N) is 3. The number of aliphatic hydroxyl groups excluding tert-OH is 1. The van der Waals surface area contributed by atoms with Gasteiger partial charge in [-0.2, -0.15) is 0 Å². The maximum Gasteiger partial charge on any atom is 0.343 e. The third-order valence-electron chi connectivity index (χ3n) is 6.34. The first kappa shape index (κ1) is 20.6. The highest BCUT2D eigenvalue weighted by Crippen LogP contribution is 2.42. The molecule has 5 rings (SSSR count). The highest BCUT2D eigenvalue weighted by Gasteiger charge is 2.46. The summed E-state index contributed by atoms with van der Waals surface area (Å²) in [5.41, 5.74) is 0.237. The van der Waals surface area contributed by atoms with Gasteiger partial charge in [-0.15, -0.1) is 0 Å². The lowest BCUT2D eigenvalue weighted by molar-refractivity contribution is -0.172. The van der Waals surface area contributed by atoms with Crippen LogP contribution in [0.4, 0.5) is 0 Å². The third-order valence-corrected chi connectivity index (χ3v) is 6.34. The Morgan fingerprint density at radius 1 is 1.28 bits per heavy atom. The molecule has 166 valence electrons. The van der Waals surface area contributed by atoms with Crippen molar-refractivity contribution in [3.63, 3.8) is 0 Å². The number of phenols is 1. The molecule has 0 radical (unpaired) electrons. The molecule has 9 nitrogen and oxygen atoms in total. The van der Waals surface area contributed by atoms with Crippen molar-refractivity contribution in [2.75, 3.05) is 14.1 Å². The number of hydrogen-bond donors (Lipinski definition) is 3. The Balaban J connectivity index is 1.79. The van der Waals surface area contributed by atoms with Crippen LogP contribution in [-0.4, -0.2) is 49.8 Å². The summed E-state index contributed by atoms with van der Waals surface area (Å²) >= 11 is 0. The van der Waals surface area contributed by atoms with Gasteiger partial charge < -0.3 is 25.0 Å². The van der Waals surface area contributed by atoms with Crippen LogP contribution in [0.3, 0.4) is 0 Å². The number of cyclic esters (lactones) is 1. The van der Waals surface area contributed by atoms with Gasteiger partial charge in [0.25, 0.3) is 5.56 Å². The van der Waals surface area contributed by atoms with Crippen LogP contribution in [-0.2, 0) is 28.3 Å².